The molecule has 26 heavy (non-hydrogen) atoms. The van der Waals surface area contributed by atoms with E-state index < -0.39 is 0 Å². The topological polar surface area (TPSA) is 51.2 Å². The van der Waals surface area contributed by atoms with Crippen LogP contribution in [-0.4, -0.2) is 24.0 Å². The third kappa shape index (κ3) is 2.80. The number of para-hydroxylation sites is 2. The number of nitrogens with zero attached hydrogens (tertiary/aromatic N) is 1. The normalized spacial score (nSPS) is 21.4. The van der Waals surface area contributed by atoms with E-state index in [4.69, 9.17) is 16.3 Å². The van der Waals surface area contributed by atoms with Gasteiger partial charge in [0.1, 0.15) is 10.9 Å². The highest BCUT2D eigenvalue weighted by Crippen LogP contribution is 2.51. The second-order valence-corrected chi connectivity index (χ2v) is 7.24. The number of benzene rings is 2. The predicted octanol–water partition coefficient (Wildman–Crippen LogP) is 4.36. The lowest BCUT2D eigenvalue weighted by Crippen LogP contribution is -2.30. The van der Waals surface area contributed by atoms with Gasteiger partial charge in [-0.05, 0) is 24.6 Å². The monoisotopic (exact) mass is 366 g/mol. The van der Waals surface area contributed by atoms with Crippen molar-refractivity contribution >= 4 is 28.4 Å². The number of nitrogens with one attached hydrogen (secondary N) is 1. The number of carbonyl (C=O) groups is 1. The number of halogens is 1. The van der Waals surface area contributed by atoms with Crippen molar-refractivity contribution < 1.29 is 9.53 Å². The molecular weight excluding hydrogens is 348 g/mol. The van der Waals surface area contributed by atoms with E-state index in [1.165, 1.54) is 0 Å². The fraction of sp³-hybridized carbons (Fsp3) is 0.238. The molecule has 132 valence electrons. The van der Waals surface area contributed by atoms with Crippen LogP contribution in [0.2, 0.25) is 5.15 Å². The maximum Gasteiger partial charge on any atom is 0.252 e. The van der Waals surface area contributed by atoms with Crippen molar-refractivity contribution in [3.8, 4) is 5.75 Å². The van der Waals surface area contributed by atoms with Gasteiger partial charge in [-0.2, -0.15) is 0 Å². The zero-order valence-corrected chi connectivity index (χ0v) is 15.4. The lowest BCUT2D eigenvalue weighted by atomic mass is 9.96. The minimum absolute atomic E-state index is 0.0528. The van der Waals surface area contributed by atoms with Crippen LogP contribution < -0.4 is 10.1 Å². The van der Waals surface area contributed by atoms with E-state index in [9.17, 15) is 4.79 Å². The highest BCUT2D eigenvalue weighted by molar-refractivity contribution is 6.30. The van der Waals surface area contributed by atoms with Crippen molar-refractivity contribution in [2.45, 2.75) is 24.8 Å². The number of amides is 1. The van der Waals surface area contributed by atoms with Gasteiger partial charge in [0.05, 0.1) is 18.2 Å². The van der Waals surface area contributed by atoms with Gasteiger partial charge in [0, 0.05) is 22.4 Å². The lowest BCUT2D eigenvalue weighted by Gasteiger charge is -2.16. The first kappa shape index (κ1) is 16.9. The summed E-state index contributed by atoms with van der Waals surface area (Å²) in [4.78, 5) is 17.2. The SMILES string of the molecule is COc1ccccc1C1(C)CC1NC(=O)c1cc(Cl)nc2ccccc12. The van der Waals surface area contributed by atoms with Crippen LogP contribution in [0.25, 0.3) is 10.9 Å². The quantitative estimate of drug-likeness (QED) is 0.698. The molecule has 0 aliphatic heterocycles. The van der Waals surface area contributed by atoms with Gasteiger partial charge in [-0.1, -0.05) is 54.9 Å². The first-order valence-electron chi connectivity index (χ1n) is 8.52. The molecule has 0 radical (unpaired) electrons. The Hall–Kier alpha value is -2.59. The maximum absolute atomic E-state index is 12.9. The summed E-state index contributed by atoms with van der Waals surface area (Å²) in [6.07, 6.45) is 0.871. The van der Waals surface area contributed by atoms with Crippen LogP contribution in [0.3, 0.4) is 0 Å². The first-order chi connectivity index (χ1) is 12.5. The smallest absolute Gasteiger partial charge is 0.252 e. The van der Waals surface area contributed by atoms with Crippen molar-refractivity contribution in [1.82, 2.24) is 10.3 Å². The summed E-state index contributed by atoms with van der Waals surface area (Å²) in [6, 6.07) is 17.2. The Bertz CT molecular complexity index is 1000. The molecule has 0 spiro atoms. The zero-order valence-electron chi connectivity index (χ0n) is 14.6. The molecule has 3 aromatic rings. The number of pyridine rings is 1. The van der Waals surface area contributed by atoms with E-state index in [-0.39, 0.29) is 17.4 Å². The summed E-state index contributed by atoms with van der Waals surface area (Å²) in [6.45, 7) is 2.15. The van der Waals surface area contributed by atoms with Gasteiger partial charge in [-0.15, -0.1) is 0 Å². The first-order valence-corrected chi connectivity index (χ1v) is 8.90. The molecule has 4 nitrogen and oxygen atoms in total. The van der Waals surface area contributed by atoms with Gasteiger partial charge in [0.15, 0.2) is 0 Å². The predicted molar refractivity (Wildman–Crippen MR) is 103 cm³/mol. The Morgan fingerprint density at radius 2 is 1.96 bits per heavy atom. The molecule has 0 saturated heterocycles. The molecule has 2 unspecified atom stereocenters. The van der Waals surface area contributed by atoms with Crippen molar-refractivity contribution in [1.29, 1.82) is 0 Å². The summed E-state index contributed by atoms with van der Waals surface area (Å²) in [7, 11) is 1.67. The van der Waals surface area contributed by atoms with Crippen LogP contribution in [0.5, 0.6) is 5.75 Å². The average molecular weight is 367 g/mol. The molecule has 1 heterocycles. The van der Waals surface area contributed by atoms with E-state index in [0.717, 1.165) is 23.1 Å². The molecular formula is C21H19ClN2O2. The van der Waals surface area contributed by atoms with Crippen molar-refractivity contribution in [3.63, 3.8) is 0 Å². The molecule has 1 amide bonds. The summed E-state index contributed by atoms with van der Waals surface area (Å²) < 4.78 is 5.48. The lowest BCUT2D eigenvalue weighted by molar-refractivity contribution is 0.0949. The van der Waals surface area contributed by atoms with Crippen molar-refractivity contribution in [2.75, 3.05) is 7.11 Å². The molecule has 0 bridgehead atoms. The number of aromatic nitrogens is 1. The summed E-state index contributed by atoms with van der Waals surface area (Å²) in [5, 5.41) is 4.27. The maximum atomic E-state index is 12.9. The Kier molecular flexibility index (Phi) is 4.08. The Morgan fingerprint density at radius 1 is 1.23 bits per heavy atom. The number of carbonyl (C=O) groups excluding carboxylic acids is 1. The molecule has 1 aromatic heterocycles. The highest BCUT2D eigenvalue weighted by Gasteiger charge is 2.53. The Morgan fingerprint density at radius 3 is 2.77 bits per heavy atom. The second-order valence-electron chi connectivity index (χ2n) is 6.86. The van der Waals surface area contributed by atoms with Gasteiger partial charge in [0.2, 0.25) is 0 Å². The molecule has 1 saturated carbocycles. The van der Waals surface area contributed by atoms with E-state index in [2.05, 4.69) is 23.3 Å². The number of hydrogen-bond acceptors (Lipinski definition) is 3. The van der Waals surface area contributed by atoms with Gasteiger partial charge in [0.25, 0.3) is 5.91 Å². The number of methoxy groups -OCH3 is 1. The zero-order chi connectivity index (χ0) is 18.3. The van der Waals surface area contributed by atoms with E-state index >= 15 is 0 Å². The number of hydrogen-bond donors (Lipinski definition) is 1. The minimum atomic E-state index is -0.130. The average Bonchev–Trinajstić information content (AvgIpc) is 3.31. The number of rotatable bonds is 4. The van der Waals surface area contributed by atoms with Gasteiger partial charge in [-0.25, -0.2) is 4.98 Å². The molecule has 1 N–H and O–H groups in total. The number of fused-ring (bicyclic) bond motifs is 1. The molecule has 4 rings (SSSR count). The number of ether oxygens (including phenoxy) is 1. The summed E-state index contributed by atoms with van der Waals surface area (Å²) >= 11 is 6.10. The highest BCUT2D eigenvalue weighted by atomic mass is 35.5. The van der Waals surface area contributed by atoms with E-state index in [1.54, 1.807) is 13.2 Å². The van der Waals surface area contributed by atoms with Gasteiger partial charge >= 0.3 is 0 Å². The van der Waals surface area contributed by atoms with Crippen LogP contribution in [0, 0.1) is 0 Å². The van der Waals surface area contributed by atoms with Crippen molar-refractivity contribution in [3.05, 3.63) is 70.9 Å². The standard InChI is InChI=1S/C21H19ClN2O2/c1-21(15-8-4-6-10-17(15)26-2)12-18(21)24-20(25)14-11-19(22)23-16-9-5-3-7-13(14)16/h3-11,18H,12H2,1-2H3,(H,24,25). The van der Waals surface area contributed by atoms with Crippen LogP contribution in [0.15, 0.2) is 54.6 Å². The summed E-state index contributed by atoms with van der Waals surface area (Å²) in [5.74, 6) is 0.721. The largest absolute Gasteiger partial charge is 0.496 e. The summed E-state index contributed by atoms with van der Waals surface area (Å²) in [5.41, 5.74) is 2.25. The third-order valence-corrected chi connectivity index (χ3v) is 5.39. The second kappa shape index (κ2) is 6.29. The van der Waals surface area contributed by atoms with Crippen molar-refractivity contribution in [2.24, 2.45) is 0 Å². The van der Waals surface area contributed by atoms with Gasteiger partial charge < -0.3 is 10.1 Å². The molecule has 1 fully saturated rings. The Labute approximate surface area is 157 Å². The Balaban J connectivity index is 1.61. The fourth-order valence-corrected chi connectivity index (χ4v) is 3.76. The molecule has 1 aliphatic rings. The van der Waals surface area contributed by atoms with Crippen LogP contribution in [-0.2, 0) is 5.41 Å². The molecule has 1 aliphatic carbocycles. The van der Waals surface area contributed by atoms with Crippen LogP contribution >= 0.6 is 11.6 Å². The van der Waals surface area contributed by atoms with E-state index in [0.29, 0.717) is 16.2 Å². The van der Waals surface area contributed by atoms with Crippen LogP contribution in [0.4, 0.5) is 0 Å². The molecule has 2 atom stereocenters. The van der Waals surface area contributed by atoms with Gasteiger partial charge in [-0.3, -0.25) is 4.79 Å². The molecule has 5 heteroatoms. The van der Waals surface area contributed by atoms with Crippen LogP contribution in [0.1, 0.15) is 29.3 Å². The fourth-order valence-electron chi connectivity index (χ4n) is 3.56. The van der Waals surface area contributed by atoms with E-state index in [1.807, 2.05) is 42.5 Å². The molecule has 2 aromatic carbocycles. The third-order valence-electron chi connectivity index (χ3n) is 5.19. The minimum Gasteiger partial charge on any atom is -0.496 e.